The first kappa shape index (κ1) is 21.7. The fourth-order valence-corrected chi connectivity index (χ4v) is 3.95. The molecule has 158 valence electrons. The lowest BCUT2D eigenvalue weighted by Gasteiger charge is -2.10. The molecule has 0 aromatic heterocycles. The Kier molecular flexibility index (Phi) is 7.73. The van der Waals surface area contributed by atoms with Crippen LogP contribution in [0.4, 0.5) is 0 Å². The van der Waals surface area contributed by atoms with E-state index in [0.717, 1.165) is 11.1 Å². The zero-order valence-electron chi connectivity index (χ0n) is 17.0. The monoisotopic (exact) mass is 427 g/mol. The van der Waals surface area contributed by atoms with Crippen LogP contribution in [0.15, 0.2) is 53.5 Å². The summed E-state index contributed by atoms with van der Waals surface area (Å²) in [6.07, 6.45) is 0.771. The van der Waals surface area contributed by atoms with Crippen molar-refractivity contribution in [1.29, 1.82) is 0 Å². The van der Waals surface area contributed by atoms with Crippen molar-refractivity contribution in [2.75, 3.05) is 20.8 Å². The predicted octanol–water partition coefficient (Wildman–Crippen LogP) is 2.54. The van der Waals surface area contributed by atoms with Crippen LogP contribution >= 0.6 is 11.8 Å². The number of rotatable bonds is 9. The van der Waals surface area contributed by atoms with Gasteiger partial charge in [-0.15, -0.1) is 0 Å². The fourth-order valence-electron chi connectivity index (χ4n) is 2.98. The Bertz CT molecular complexity index is 918. The van der Waals surface area contributed by atoms with Crippen molar-refractivity contribution in [2.24, 2.45) is 4.99 Å². The zero-order valence-corrected chi connectivity index (χ0v) is 17.8. The van der Waals surface area contributed by atoms with E-state index in [1.165, 1.54) is 11.8 Å². The molecule has 2 aromatic carbocycles. The third-order valence-corrected chi connectivity index (χ3v) is 5.70. The molecule has 1 atom stereocenters. The molecule has 0 aliphatic carbocycles. The summed E-state index contributed by atoms with van der Waals surface area (Å²) in [6, 6.07) is 15.5. The predicted molar refractivity (Wildman–Crippen MR) is 118 cm³/mol. The molecule has 1 aliphatic heterocycles. The van der Waals surface area contributed by atoms with Gasteiger partial charge in [-0.05, 0) is 29.7 Å². The number of amidine groups is 1. The van der Waals surface area contributed by atoms with Gasteiger partial charge >= 0.3 is 0 Å². The van der Waals surface area contributed by atoms with E-state index >= 15 is 0 Å². The third-order valence-electron chi connectivity index (χ3n) is 4.58. The highest BCUT2D eigenvalue weighted by Gasteiger charge is 2.31. The molecule has 3 rings (SSSR count). The van der Waals surface area contributed by atoms with Crippen molar-refractivity contribution in [3.8, 4) is 11.5 Å². The SMILES string of the molecule is COc1ccc(CCNC(=O)CC2SC(=NCc3ccccc3)NC2=O)cc1OC. The molecule has 2 amide bonds. The standard InChI is InChI=1S/C22H25N3O4S/c1-28-17-9-8-15(12-18(17)29-2)10-11-23-20(26)13-19-21(27)25-22(30-19)24-14-16-6-4-3-5-7-16/h3-9,12,19H,10-11,13-14H2,1-2H3,(H,23,26)(H,24,25,27). The second-order valence-electron chi connectivity index (χ2n) is 6.70. The van der Waals surface area contributed by atoms with Gasteiger partial charge in [0.05, 0.1) is 20.8 Å². The van der Waals surface area contributed by atoms with E-state index in [0.29, 0.717) is 36.2 Å². The molecular formula is C22H25N3O4S. The van der Waals surface area contributed by atoms with Crippen molar-refractivity contribution in [3.05, 3.63) is 59.7 Å². The highest BCUT2D eigenvalue weighted by Crippen LogP contribution is 2.27. The molecule has 1 fully saturated rings. The minimum atomic E-state index is -0.458. The molecule has 30 heavy (non-hydrogen) atoms. The maximum atomic E-state index is 12.3. The number of nitrogens with one attached hydrogen (secondary N) is 2. The average Bonchev–Trinajstić information content (AvgIpc) is 3.11. The van der Waals surface area contributed by atoms with Gasteiger partial charge in [0, 0.05) is 13.0 Å². The Hall–Kier alpha value is -3.00. The van der Waals surface area contributed by atoms with Gasteiger partial charge in [0.25, 0.3) is 0 Å². The topological polar surface area (TPSA) is 89.0 Å². The van der Waals surface area contributed by atoms with Crippen molar-refractivity contribution in [3.63, 3.8) is 0 Å². The molecule has 2 N–H and O–H groups in total. The quantitative estimate of drug-likeness (QED) is 0.642. The van der Waals surface area contributed by atoms with Crippen molar-refractivity contribution < 1.29 is 19.1 Å². The third kappa shape index (κ3) is 6.00. The summed E-state index contributed by atoms with van der Waals surface area (Å²) in [5.41, 5.74) is 2.09. The van der Waals surface area contributed by atoms with Gasteiger partial charge < -0.3 is 20.1 Å². The number of nitrogens with zero attached hydrogens (tertiary/aromatic N) is 1. The number of hydrogen-bond donors (Lipinski definition) is 2. The Morgan fingerprint density at radius 2 is 1.87 bits per heavy atom. The van der Waals surface area contributed by atoms with Crippen LogP contribution in [0.25, 0.3) is 0 Å². The highest BCUT2D eigenvalue weighted by molar-refractivity contribution is 8.15. The molecule has 1 unspecified atom stereocenters. The number of hydrogen-bond acceptors (Lipinski definition) is 6. The van der Waals surface area contributed by atoms with E-state index < -0.39 is 5.25 Å². The minimum Gasteiger partial charge on any atom is -0.493 e. The van der Waals surface area contributed by atoms with Gasteiger partial charge in [-0.1, -0.05) is 48.2 Å². The molecule has 8 heteroatoms. The Morgan fingerprint density at radius 1 is 1.10 bits per heavy atom. The lowest BCUT2D eigenvalue weighted by atomic mass is 10.1. The number of benzene rings is 2. The molecule has 1 heterocycles. The zero-order chi connectivity index (χ0) is 21.3. The number of thioether (sulfide) groups is 1. The molecule has 0 spiro atoms. The van der Waals surface area contributed by atoms with E-state index in [2.05, 4.69) is 15.6 Å². The molecule has 1 saturated heterocycles. The van der Waals surface area contributed by atoms with E-state index in [4.69, 9.17) is 9.47 Å². The highest BCUT2D eigenvalue weighted by atomic mass is 32.2. The normalized spacial score (nSPS) is 16.9. The van der Waals surface area contributed by atoms with Gasteiger partial charge in [-0.25, -0.2) is 0 Å². The number of carbonyl (C=O) groups excluding carboxylic acids is 2. The number of methoxy groups -OCH3 is 2. The smallest absolute Gasteiger partial charge is 0.240 e. The van der Waals surface area contributed by atoms with E-state index in [1.807, 2.05) is 48.5 Å². The van der Waals surface area contributed by atoms with Crippen LogP contribution in [0.2, 0.25) is 0 Å². The van der Waals surface area contributed by atoms with Gasteiger partial charge in [0.2, 0.25) is 11.8 Å². The summed E-state index contributed by atoms with van der Waals surface area (Å²) < 4.78 is 10.5. The van der Waals surface area contributed by atoms with Gasteiger partial charge in [0.15, 0.2) is 16.7 Å². The van der Waals surface area contributed by atoms with Gasteiger partial charge in [-0.3, -0.25) is 14.6 Å². The summed E-state index contributed by atoms with van der Waals surface area (Å²) in [7, 11) is 3.18. The first-order valence-electron chi connectivity index (χ1n) is 9.62. The second-order valence-corrected chi connectivity index (χ2v) is 7.89. The molecule has 0 bridgehead atoms. The first-order chi connectivity index (χ1) is 14.6. The molecule has 0 radical (unpaired) electrons. The summed E-state index contributed by atoms with van der Waals surface area (Å²) in [6.45, 7) is 0.968. The molecule has 2 aromatic rings. The van der Waals surface area contributed by atoms with Crippen molar-refractivity contribution >= 4 is 28.7 Å². The number of carbonyl (C=O) groups is 2. The van der Waals surface area contributed by atoms with Gasteiger partial charge in [0.1, 0.15) is 5.25 Å². The largest absolute Gasteiger partial charge is 0.493 e. The molecular weight excluding hydrogens is 402 g/mol. The Morgan fingerprint density at radius 3 is 2.60 bits per heavy atom. The summed E-state index contributed by atoms with van der Waals surface area (Å²) >= 11 is 1.30. The number of ether oxygens (including phenoxy) is 2. The van der Waals surface area contributed by atoms with Crippen molar-refractivity contribution in [1.82, 2.24) is 10.6 Å². The minimum absolute atomic E-state index is 0.118. The van der Waals surface area contributed by atoms with Gasteiger partial charge in [-0.2, -0.15) is 0 Å². The van der Waals surface area contributed by atoms with Crippen LogP contribution in [0, 0.1) is 0 Å². The summed E-state index contributed by atoms with van der Waals surface area (Å²) in [5.74, 6) is 0.983. The van der Waals surface area contributed by atoms with Crippen LogP contribution in [-0.2, 0) is 22.6 Å². The van der Waals surface area contributed by atoms with Crippen LogP contribution < -0.4 is 20.1 Å². The molecule has 1 aliphatic rings. The van der Waals surface area contributed by atoms with E-state index in [-0.39, 0.29) is 18.2 Å². The Balaban J connectivity index is 1.44. The fraction of sp³-hybridized carbons (Fsp3) is 0.318. The maximum absolute atomic E-state index is 12.3. The van der Waals surface area contributed by atoms with Crippen LogP contribution in [0.3, 0.4) is 0 Å². The average molecular weight is 428 g/mol. The summed E-state index contributed by atoms with van der Waals surface area (Å²) in [5, 5.41) is 5.73. The second kappa shape index (κ2) is 10.7. The van der Waals surface area contributed by atoms with Crippen LogP contribution in [0.1, 0.15) is 17.5 Å². The summed E-state index contributed by atoms with van der Waals surface area (Å²) in [4.78, 5) is 28.8. The lowest BCUT2D eigenvalue weighted by Crippen LogP contribution is -2.32. The number of aliphatic imine (C=N–C) groups is 1. The van der Waals surface area contributed by atoms with Crippen LogP contribution in [0.5, 0.6) is 11.5 Å². The number of amides is 2. The lowest BCUT2D eigenvalue weighted by molar-refractivity contribution is -0.125. The molecule has 7 nitrogen and oxygen atoms in total. The van der Waals surface area contributed by atoms with Crippen molar-refractivity contribution in [2.45, 2.75) is 24.6 Å². The molecule has 0 saturated carbocycles. The Labute approximate surface area is 180 Å². The van der Waals surface area contributed by atoms with E-state index in [9.17, 15) is 9.59 Å². The van der Waals surface area contributed by atoms with E-state index in [1.54, 1.807) is 14.2 Å². The maximum Gasteiger partial charge on any atom is 0.240 e. The van der Waals surface area contributed by atoms with Crippen LogP contribution in [-0.4, -0.2) is 43.0 Å². The first-order valence-corrected chi connectivity index (χ1v) is 10.5.